The molecule has 0 aliphatic carbocycles. The fourth-order valence-corrected chi connectivity index (χ4v) is 3.94. The number of hydrogen-bond donors (Lipinski definition) is 1. The minimum Gasteiger partial charge on any atom is -0.206 e. The van der Waals surface area contributed by atoms with Crippen molar-refractivity contribution in [2.24, 2.45) is 0 Å². The van der Waals surface area contributed by atoms with Crippen LogP contribution in [0.25, 0.3) is 0 Å². The standard InChI is InChI=1S/C12H16F3NO4S2/c1-4-11(2,3)9-5-7-10(8-6-9)21(17,18)16-22(19,20)12(13,14)15/h5-8,16H,4H2,1-3H3. The summed E-state index contributed by atoms with van der Waals surface area (Å²) in [6.07, 6.45) is 0.764. The van der Waals surface area contributed by atoms with Gasteiger partial charge in [0.2, 0.25) is 0 Å². The van der Waals surface area contributed by atoms with Crippen LogP contribution in [-0.4, -0.2) is 22.3 Å². The van der Waals surface area contributed by atoms with Crippen LogP contribution in [0.2, 0.25) is 0 Å². The molecule has 0 aliphatic heterocycles. The van der Waals surface area contributed by atoms with Gasteiger partial charge in [0.1, 0.15) is 0 Å². The first-order valence-electron chi connectivity index (χ1n) is 6.18. The molecule has 0 amide bonds. The average Bonchev–Trinajstić information content (AvgIpc) is 2.36. The summed E-state index contributed by atoms with van der Waals surface area (Å²) < 4.78 is 82.6. The van der Waals surface area contributed by atoms with Gasteiger partial charge < -0.3 is 0 Å². The number of hydrogen-bond acceptors (Lipinski definition) is 4. The quantitative estimate of drug-likeness (QED) is 0.876. The van der Waals surface area contributed by atoms with Crippen molar-refractivity contribution in [1.29, 1.82) is 0 Å². The van der Waals surface area contributed by atoms with E-state index in [1.165, 1.54) is 12.1 Å². The summed E-state index contributed by atoms with van der Waals surface area (Å²) in [4.78, 5) is -0.559. The third-order valence-electron chi connectivity index (χ3n) is 3.35. The molecule has 0 radical (unpaired) electrons. The van der Waals surface area contributed by atoms with E-state index in [1.807, 2.05) is 20.8 Å². The molecule has 0 fully saturated rings. The van der Waals surface area contributed by atoms with E-state index in [1.54, 1.807) is 0 Å². The molecule has 0 aliphatic rings. The molecule has 10 heteroatoms. The molecule has 0 bridgehead atoms. The number of nitrogens with one attached hydrogen (secondary N) is 1. The normalized spacial score (nSPS) is 14.1. The maximum absolute atomic E-state index is 12.2. The lowest BCUT2D eigenvalue weighted by molar-refractivity contribution is -0.0441. The second-order valence-corrected chi connectivity index (χ2v) is 8.91. The van der Waals surface area contributed by atoms with Crippen LogP contribution in [0.5, 0.6) is 0 Å². The Balaban J connectivity index is 3.16. The van der Waals surface area contributed by atoms with E-state index in [0.717, 1.165) is 24.1 Å². The minimum absolute atomic E-state index is 0.242. The molecular weight excluding hydrogens is 343 g/mol. The summed E-state index contributed by atoms with van der Waals surface area (Å²) in [6, 6.07) is 5.03. The average molecular weight is 359 g/mol. The fraction of sp³-hybridized carbons (Fsp3) is 0.500. The Morgan fingerprint density at radius 3 is 1.82 bits per heavy atom. The van der Waals surface area contributed by atoms with Gasteiger partial charge in [0.05, 0.1) is 4.90 Å². The summed E-state index contributed by atoms with van der Waals surface area (Å²) in [5, 5.41) is 0. The van der Waals surface area contributed by atoms with Gasteiger partial charge in [-0.25, -0.2) is 16.8 Å². The van der Waals surface area contributed by atoms with Gasteiger partial charge in [-0.05, 0) is 29.5 Å². The highest BCUT2D eigenvalue weighted by atomic mass is 32.3. The van der Waals surface area contributed by atoms with Crippen LogP contribution in [0.15, 0.2) is 29.2 Å². The molecule has 0 aromatic heterocycles. The molecule has 0 saturated heterocycles. The number of alkyl halides is 3. The molecule has 0 unspecified atom stereocenters. The lowest BCUT2D eigenvalue weighted by atomic mass is 9.82. The van der Waals surface area contributed by atoms with Gasteiger partial charge in [-0.1, -0.05) is 37.0 Å². The zero-order valence-electron chi connectivity index (χ0n) is 12.1. The third kappa shape index (κ3) is 3.99. The van der Waals surface area contributed by atoms with Gasteiger partial charge in [-0.2, -0.15) is 13.2 Å². The molecule has 0 saturated carbocycles. The van der Waals surface area contributed by atoms with E-state index >= 15 is 0 Å². The Bertz CT molecular complexity index is 736. The van der Waals surface area contributed by atoms with Crippen LogP contribution in [0.4, 0.5) is 13.2 Å². The minimum atomic E-state index is -5.98. The molecule has 1 aromatic rings. The first kappa shape index (κ1) is 18.9. The van der Waals surface area contributed by atoms with E-state index in [-0.39, 0.29) is 5.41 Å². The highest BCUT2D eigenvalue weighted by Gasteiger charge is 2.48. The molecule has 1 rings (SSSR count). The predicted molar refractivity (Wildman–Crippen MR) is 75.1 cm³/mol. The summed E-state index contributed by atoms with van der Waals surface area (Å²) in [7, 11) is -10.8. The van der Waals surface area contributed by atoms with Crippen LogP contribution >= 0.6 is 0 Å². The molecule has 126 valence electrons. The Morgan fingerprint density at radius 2 is 1.45 bits per heavy atom. The van der Waals surface area contributed by atoms with E-state index in [9.17, 15) is 30.0 Å². The molecule has 1 N–H and O–H groups in total. The van der Waals surface area contributed by atoms with E-state index in [0.29, 0.717) is 4.13 Å². The highest BCUT2D eigenvalue weighted by molar-refractivity contribution is 8.05. The van der Waals surface area contributed by atoms with Crippen LogP contribution in [0.3, 0.4) is 0 Å². The summed E-state index contributed by atoms with van der Waals surface area (Å²) in [6.45, 7) is 5.77. The van der Waals surface area contributed by atoms with Crippen molar-refractivity contribution in [2.45, 2.75) is 43.0 Å². The SMILES string of the molecule is CCC(C)(C)c1ccc(S(=O)(=O)NS(=O)(=O)C(F)(F)F)cc1. The molecule has 0 spiro atoms. The van der Waals surface area contributed by atoms with Crippen LogP contribution in [0.1, 0.15) is 32.8 Å². The van der Waals surface area contributed by atoms with Gasteiger partial charge >= 0.3 is 15.5 Å². The smallest absolute Gasteiger partial charge is 0.206 e. The summed E-state index contributed by atoms with van der Waals surface area (Å²) in [5.74, 6) is 0. The van der Waals surface area contributed by atoms with E-state index in [4.69, 9.17) is 0 Å². The molecule has 1 aromatic carbocycles. The number of rotatable bonds is 5. The molecule has 5 nitrogen and oxygen atoms in total. The van der Waals surface area contributed by atoms with Crippen LogP contribution in [0, 0.1) is 0 Å². The second kappa shape index (κ2) is 5.82. The van der Waals surface area contributed by atoms with Crippen molar-refractivity contribution in [2.75, 3.05) is 0 Å². The van der Waals surface area contributed by atoms with Gasteiger partial charge in [0.15, 0.2) is 0 Å². The van der Waals surface area contributed by atoms with Gasteiger partial charge in [0, 0.05) is 0 Å². The Hall–Kier alpha value is -1.13. The number of benzene rings is 1. The molecular formula is C12H16F3NO4S2. The third-order valence-corrected chi connectivity index (χ3v) is 6.61. The molecule has 0 heterocycles. The lowest BCUT2D eigenvalue weighted by Gasteiger charge is -2.23. The largest absolute Gasteiger partial charge is 0.512 e. The maximum atomic E-state index is 12.2. The van der Waals surface area contributed by atoms with Gasteiger partial charge in [-0.15, -0.1) is 0 Å². The maximum Gasteiger partial charge on any atom is 0.512 e. The Labute approximate surface area is 127 Å². The zero-order valence-corrected chi connectivity index (χ0v) is 13.7. The van der Waals surface area contributed by atoms with Gasteiger partial charge in [-0.3, -0.25) is 0 Å². The van der Waals surface area contributed by atoms with Crippen molar-refractivity contribution in [3.05, 3.63) is 29.8 Å². The number of halogens is 3. The van der Waals surface area contributed by atoms with Crippen molar-refractivity contribution < 1.29 is 30.0 Å². The molecule has 0 atom stereocenters. The lowest BCUT2D eigenvalue weighted by Crippen LogP contribution is -2.40. The van der Waals surface area contributed by atoms with Crippen molar-refractivity contribution in [3.63, 3.8) is 0 Å². The van der Waals surface area contributed by atoms with Crippen molar-refractivity contribution >= 4 is 20.0 Å². The summed E-state index contributed by atoms with van der Waals surface area (Å²) in [5.41, 5.74) is -5.16. The van der Waals surface area contributed by atoms with E-state index < -0.39 is 30.5 Å². The molecule has 22 heavy (non-hydrogen) atoms. The van der Waals surface area contributed by atoms with Crippen molar-refractivity contribution in [1.82, 2.24) is 4.13 Å². The topological polar surface area (TPSA) is 80.3 Å². The Kier molecular flexibility index (Phi) is 5.00. The first-order valence-corrected chi connectivity index (χ1v) is 9.15. The van der Waals surface area contributed by atoms with Crippen LogP contribution in [-0.2, 0) is 25.5 Å². The Morgan fingerprint density at radius 1 is 1.00 bits per heavy atom. The zero-order chi connectivity index (χ0) is 17.4. The van der Waals surface area contributed by atoms with Crippen molar-refractivity contribution in [3.8, 4) is 0 Å². The monoisotopic (exact) mass is 359 g/mol. The number of sulfonamides is 2. The van der Waals surface area contributed by atoms with Crippen LogP contribution < -0.4 is 4.13 Å². The fourth-order valence-electron chi connectivity index (χ4n) is 1.53. The second-order valence-electron chi connectivity index (χ2n) is 5.30. The first-order chi connectivity index (χ1) is 9.73. The predicted octanol–water partition coefficient (Wildman–Crippen LogP) is 2.50. The highest BCUT2D eigenvalue weighted by Crippen LogP contribution is 2.28. The summed E-state index contributed by atoms with van der Waals surface area (Å²) >= 11 is 0. The van der Waals surface area contributed by atoms with Gasteiger partial charge in [0.25, 0.3) is 10.0 Å². The van der Waals surface area contributed by atoms with E-state index in [2.05, 4.69) is 0 Å².